The van der Waals surface area contributed by atoms with Crippen LogP contribution >= 0.6 is 0 Å². The molecule has 138 valence electrons. The van der Waals surface area contributed by atoms with E-state index in [-0.39, 0.29) is 16.9 Å². The molecule has 1 saturated carbocycles. The molecule has 2 aliphatic rings. The van der Waals surface area contributed by atoms with Crippen molar-refractivity contribution in [2.45, 2.75) is 42.5 Å². The number of nitrogens with two attached hydrogens (primary N) is 1. The molecule has 1 unspecified atom stereocenters. The molecule has 7 heteroatoms. The van der Waals surface area contributed by atoms with E-state index >= 15 is 0 Å². The summed E-state index contributed by atoms with van der Waals surface area (Å²) in [4.78, 5) is 4.47. The van der Waals surface area contributed by atoms with Gasteiger partial charge in [-0.2, -0.15) is 0 Å². The number of halogens is 1. The van der Waals surface area contributed by atoms with Crippen LogP contribution in [0.15, 0.2) is 47.5 Å². The van der Waals surface area contributed by atoms with Crippen molar-refractivity contribution in [2.75, 3.05) is 10.8 Å². The quantitative estimate of drug-likeness (QED) is 0.895. The normalized spacial score (nSPS) is 25.9. The molecule has 0 radical (unpaired) electrons. The third kappa shape index (κ3) is 2.99. The molecule has 0 saturated heterocycles. The highest BCUT2D eigenvalue weighted by molar-refractivity contribution is 7.92. The second-order valence-electron chi connectivity index (χ2n) is 7.18. The largest absolute Gasteiger partial charge is 0.328 e. The number of hydrogen-bond donors (Lipinski definition) is 1. The highest BCUT2D eigenvalue weighted by atomic mass is 32.2. The Morgan fingerprint density at radius 3 is 2.62 bits per heavy atom. The van der Waals surface area contributed by atoms with E-state index in [0.29, 0.717) is 18.2 Å². The Kier molecular flexibility index (Phi) is 4.44. The summed E-state index contributed by atoms with van der Waals surface area (Å²) >= 11 is 0. The molecule has 0 amide bonds. The minimum Gasteiger partial charge on any atom is -0.328 e. The molecule has 1 fully saturated rings. The van der Waals surface area contributed by atoms with Crippen molar-refractivity contribution in [3.05, 3.63) is 54.1 Å². The molecule has 1 aliphatic carbocycles. The van der Waals surface area contributed by atoms with Gasteiger partial charge < -0.3 is 5.73 Å². The van der Waals surface area contributed by atoms with E-state index in [9.17, 15) is 12.8 Å². The monoisotopic (exact) mass is 375 g/mol. The molecule has 2 heterocycles. The van der Waals surface area contributed by atoms with Crippen LogP contribution in [0, 0.1) is 11.7 Å². The van der Waals surface area contributed by atoms with Gasteiger partial charge in [-0.25, -0.2) is 12.8 Å². The zero-order valence-electron chi connectivity index (χ0n) is 14.4. The summed E-state index contributed by atoms with van der Waals surface area (Å²) < 4.78 is 41.3. The molecular formula is C19H22FN3O2S. The van der Waals surface area contributed by atoms with Crippen LogP contribution in [0.2, 0.25) is 0 Å². The Labute approximate surface area is 153 Å². The van der Waals surface area contributed by atoms with Gasteiger partial charge in [0.2, 0.25) is 0 Å². The van der Waals surface area contributed by atoms with Crippen molar-refractivity contribution in [1.29, 1.82) is 0 Å². The number of aromatic nitrogens is 1. The summed E-state index contributed by atoms with van der Waals surface area (Å²) in [5, 5.41) is 0. The molecule has 26 heavy (non-hydrogen) atoms. The standard InChI is InChI=1S/C19H22FN3O2S/c20-14-3-1-4-16(11-14)26(24,25)23-12-17(13-6-8-15(21)9-7-13)19-18(23)5-2-10-22-19/h1-5,10-11,13,15,17H,6-9,12,21H2. The minimum atomic E-state index is -3.83. The molecular weight excluding hydrogens is 353 g/mol. The van der Waals surface area contributed by atoms with E-state index in [0.717, 1.165) is 37.4 Å². The molecule has 0 bridgehead atoms. The molecule has 4 rings (SSSR count). The van der Waals surface area contributed by atoms with Crippen LogP contribution in [-0.2, 0) is 10.0 Å². The van der Waals surface area contributed by atoms with Crippen LogP contribution in [0.3, 0.4) is 0 Å². The lowest BCUT2D eigenvalue weighted by Gasteiger charge is -2.30. The fourth-order valence-corrected chi connectivity index (χ4v) is 5.71. The second-order valence-corrected chi connectivity index (χ2v) is 9.04. The number of anilines is 1. The average Bonchev–Trinajstić information content (AvgIpc) is 3.03. The van der Waals surface area contributed by atoms with Gasteiger partial charge in [0.05, 0.1) is 16.3 Å². The number of rotatable bonds is 3. The van der Waals surface area contributed by atoms with E-state index in [1.54, 1.807) is 18.3 Å². The van der Waals surface area contributed by atoms with E-state index in [1.807, 2.05) is 0 Å². The number of sulfonamides is 1. The topological polar surface area (TPSA) is 76.3 Å². The number of benzene rings is 1. The predicted octanol–water partition coefficient (Wildman–Crippen LogP) is 3.03. The summed E-state index contributed by atoms with van der Waals surface area (Å²) in [5.41, 5.74) is 7.45. The Bertz CT molecular complexity index is 911. The van der Waals surface area contributed by atoms with Crippen molar-refractivity contribution in [2.24, 2.45) is 11.7 Å². The van der Waals surface area contributed by atoms with Crippen LogP contribution in [0.25, 0.3) is 0 Å². The van der Waals surface area contributed by atoms with Gasteiger partial charge in [0.15, 0.2) is 0 Å². The smallest absolute Gasteiger partial charge is 0.264 e. The Balaban J connectivity index is 1.70. The maximum absolute atomic E-state index is 13.6. The molecule has 5 nitrogen and oxygen atoms in total. The van der Waals surface area contributed by atoms with E-state index in [1.165, 1.54) is 22.5 Å². The third-order valence-electron chi connectivity index (χ3n) is 5.57. The maximum Gasteiger partial charge on any atom is 0.264 e. The van der Waals surface area contributed by atoms with Gasteiger partial charge in [-0.3, -0.25) is 9.29 Å². The highest BCUT2D eigenvalue weighted by Crippen LogP contribution is 2.45. The summed E-state index contributed by atoms with van der Waals surface area (Å²) in [6.45, 7) is 0.352. The average molecular weight is 375 g/mol. The van der Waals surface area contributed by atoms with Gasteiger partial charge in [0.25, 0.3) is 10.0 Å². The molecule has 2 N–H and O–H groups in total. The highest BCUT2D eigenvalue weighted by Gasteiger charge is 2.41. The van der Waals surface area contributed by atoms with E-state index in [4.69, 9.17) is 5.73 Å². The van der Waals surface area contributed by atoms with Crippen LogP contribution in [-0.4, -0.2) is 26.0 Å². The molecule has 1 aromatic heterocycles. The van der Waals surface area contributed by atoms with Crippen molar-refractivity contribution < 1.29 is 12.8 Å². The summed E-state index contributed by atoms with van der Waals surface area (Å²) in [6, 6.07) is 8.93. The lowest BCUT2D eigenvalue weighted by molar-refractivity contribution is 0.287. The Morgan fingerprint density at radius 2 is 1.88 bits per heavy atom. The molecule has 1 aliphatic heterocycles. The molecule has 1 aromatic carbocycles. The second kappa shape index (κ2) is 6.63. The number of nitrogens with zero attached hydrogens (tertiary/aromatic N) is 2. The van der Waals surface area contributed by atoms with E-state index < -0.39 is 15.8 Å². The van der Waals surface area contributed by atoms with Crippen molar-refractivity contribution in [3.63, 3.8) is 0 Å². The first kappa shape index (κ1) is 17.4. The van der Waals surface area contributed by atoms with Gasteiger partial charge in [-0.05, 0) is 61.9 Å². The zero-order chi connectivity index (χ0) is 18.3. The van der Waals surface area contributed by atoms with Gasteiger partial charge in [0, 0.05) is 24.7 Å². The van der Waals surface area contributed by atoms with Crippen molar-refractivity contribution >= 4 is 15.7 Å². The Morgan fingerprint density at radius 1 is 1.12 bits per heavy atom. The maximum atomic E-state index is 13.6. The molecule has 0 spiro atoms. The van der Waals surface area contributed by atoms with Gasteiger partial charge in [0.1, 0.15) is 5.82 Å². The first-order valence-corrected chi connectivity index (χ1v) is 10.4. The van der Waals surface area contributed by atoms with Gasteiger partial charge in [-0.15, -0.1) is 0 Å². The Hall–Kier alpha value is -1.99. The first-order chi connectivity index (χ1) is 12.5. The fraction of sp³-hybridized carbons (Fsp3) is 0.421. The summed E-state index contributed by atoms with van der Waals surface area (Å²) in [7, 11) is -3.83. The zero-order valence-corrected chi connectivity index (χ0v) is 15.2. The first-order valence-electron chi connectivity index (χ1n) is 8.95. The number of pyridine rings is 1. The third-order valence-corrected chi connectivity index (χ3v) is 7.34. The lowest BCUT2D eigenvalue weighted by Crippen LogP contribution is -2.33. The lowest BCUT2D eigenvalue weighted by atomic mass is 9.77. The SMILES string of the molecule is NC1CCC(C2CN(S(=O)(=O)c3cccc(F)c3)c3cccnc32)CC1. The predicted molar refractivity (Wildman–Crippen MR) is 97.8 cm³/mol. The summed E-state index contributed by atoms with van der Waals surface area (Å²) in [5.74, 6) is -0.132. The van der Waals surface area contributed by atoms with Crippen molar-refractivity contribution in [3.8, 4) is 0 Å². The van der Waals surface area contributed by atoms with E-state index in [2.05, 4.69) is 4.98 Å². The van der Waals surface area contributed by atoms with Gasteiger partial charge in [-0.1, -0.05) is 6.07 Å². The van der Waals surface area contributed by atoms with Gasteiger partial charge >= 0.3 is 0 Å². The molecule has 2 aromatic rings. The minimum absolute atomic E-state index is 0.0291. The van der Waals surface area contributed by atoms with Crippen LogP contribution in [0.5, 0.6) is 0 Å². The number of fused-ring (bicyclic) bond motifs is 1. The molecule has 1 atom stereocenters. The van der Waals surface area contributed by atoms with Crippen LogP contribution in [0.4, 0.5) is 10.1 Å². The van der Waals surface area contributed by atoms with Crippen LogP contribution in [0.1, 0.15) is 37.3 Å². The number of hydrogen-bond acceptors (Lipinski definition) is 4. The fourth-order valence-electron chi connectivity index (χ4n) is 4.17. The van der Waals surface area contributed by atoms with Crippen LogP contribution < -0.4 is 10.0 Å². The summed E-state index contributed by atoms with van der Waals surface area (Å²) in [6.07, 6.45) is 5.59. The van der Waals surface area contributed by atoms with Crippen molar-refractivity contribution in [1.82, 2.24) is 4.98 Å².